The summed E-state index contributed by atoms with van der Waals surface area (Å²) in [6.07, 6.45) is 6.27. The van der Waals surface area contributed by atoms with Gasteiger partial charge in [0, 0.05) is 26.2 Å². The fourth-order valence-corrected chi connectivity index (χ4v) is 7.10. The van der Waals surface area contributed by atoms with Crippen LogP contribution in [0.3, 0.4) is 0 Å². The predicted octanol–water partition coefficient (Wildman–Crippen LogP) is 3.66. The van der Waals surface area contributed by atoms with E-state index in [-0.39, 0.29) is 37.6 Å². The highest BCUT2D eigenvalue weighted by Gasteiger charge is 2.35. The molecule has 1 heterocycles. The minimum absolute atomic E-state index is 0.170. The first kappa shape index (κ1) is 25.7. The van der Waals surface area contributed by atoms with Crippen molar-refractivity contribution in [3.63, 3.8) is 0 Å². The van der Waals surface area contributed by atoms with Gasteiger partial charge in [0.1, 0.15) is 0 Å². The number of ether oxygens (including phenoxy) is 1. The van der Waals surface area contributed by atoms with Gasteiger partial charge < -0.3 is 9.64 Å². The Morgan fingerprint density at radius 3 is 2.06 bits per heavy atom. The summed E-state index contributed by atoms with van der Waals surface area (Å²) in [5.41, 5.74) is 3.47. The van der Waals surface area contributed by atoms with E-state index in [4.69, 9.17) is 4.74 Å². The van der Waals surface area contributed by atoms with Crippen molar-refractivity contribution >= 4 is 21.9 Å². The number of hydrogen-bond donors (Lipinski definition) is 0. The summed E-state index contributed by atoms with van der Waals surface area (Å²) in [5, 5.41) is 0. The summed E-state index contributed by atoms with van der Waals surface area (Å²) in [5.74, 6) is -0.960. The number of benzene rings is 1. The molecule has 1 aliphatic carbocycles. The van der Waals surface area contributed by atoms with Gasteiger partial charge in [-0.1, -0.05) is 25.3 Å². The average Bonchev–Trinajstić information content (AvgIpc) is 2.81. The SMILES string of the molecule is Cc1cc(C)c(C)c(S(=O)(=O)N2CCC(C(=O)OCC(=O)N(C)C3CCCCC3)CC2)c1C. The first-order valence-electron chi connectivity index (χ1n) is 12.0. The molecule has 0 N–H and O–H groups in total. The Balaban J connectivity index is 1.56. The molecule has 8 heteroatoms. The Morgan fingerprint density at radius 2 is 1.52 bits per heavy atom. The van der Waals surface area contributed by atoms with E-state index in [1.165, 1.54) is 10.7 Å². The molecule has 0 bridgehead atoms. The van der Waals surface area contributed by atoms with Gasteiger partial charge in [-0.15, -0.1) is 0 Å². The van der Waals surface area contributed by atoms with Gasteiger partial charge in [-0.3, -0.25) is 9.59 Å². The topological polar surface area (TPSA) is 84.0 Å². The lowest BCUT2D eigenvalue weighted by molar-refractivity contribution is -0.157. The Hall–Kier alpha value is -1.93. The fourth-order valence-electron chi connectivity index (χ4n) is 5.05. The number of likely N-dealkylation sites (N-methyl/N-ethyl adjacent to an activating group) is 1. The standard InChI is InChI=1S/C25H38N2O5S/c1-17-15-18(2)20(4)24(19(17)3)33(30,31)27-13-11-21(12-14-27)25(29)32-16-23(28)26(5)22-9-7-6-8-10-22/h15,21-22H,6-14,16H2,1-5H3. The molecule has 1 saturated carbocycles. The maximum Gasteiger partial charge on any atom is 0.309 e. The number of carbonyl (C=O) groups excluding carboxylic acids is 2. The molecule has 0 spiro atoms. The van der Waals surface area contributed by atoms with Crippen molar-refractivity contribution in [3.8, 4) is 0 Å². The number of esters is 1. The molecular formula is C25H38N2O5S. The van der Waals surface area contributed by atoms with Gasteiger partial charge in [-0.05, 0) is 75.6 Å². The molecule has 0 radical (unpaired) electrons. The van der Waals surface area contributed by atoms with E-state index in [2.05, 4.69) is 0 Å². The zero-order chi connectivity index (χ0) is 24.3. The highest BCUT2D eigenvalue weighted by atomic mass is 32.2. The Bertz CT molecular complexity index is 964. The Labute approximate surface area is 198 Å². The van der Waals surface area contributed by atoms with Crippen LogP contribution in [-0.2, 0) is 24.3 Å². The van der Waals surface area contributed by atoms with Crippen molar-refractivity contribution in [2.75, 3.05) is 26.7 Å². The number of rotatable bonds is 6. The third-order valence-electron chi connectivity index (χ3n) is 7.54. The quantitative estimate of drug-likeness (QED) is 0.583. The van der Waals surface area contributed by atoms with Crippen LogP contribution in [0.15, 0.2) is 11.0 Å². The lowest BCUT2D eigenvalue weighted by atomic mass is 9.94. The van der Waals surface area contributed by atoms with Gasteiger partial charge in [0.15, 0.2) is 6.61 Å². The first-order valence-corrected chi connectivity index (χ1v) is 13.5. The summed E-state index contributed by atoms with van der Waals surface area (Å²) >= 11 is 0. The molecule has 1 aromatic rings. The van der Waals surface area contributed by atoms with Gasteiger partial charge in [0.25, 0.3) is 5.91 Å². The zero-order valence-corrected chi connectivity index (χ0v) is 21.5. The van der Waals surface area contributed by atoms with Crippen LogP contribution in [0.1, 0.15) is 67.2 Å². The van der Waals surface area contributed by atoms with Crippen LogP contribution in [0, 0.1) is 33.6 Å². The normalized spacial score (nSPS) is 18.8. The zero-order valence-electron chi connectivity index (χ0n) is 20.6. The molecule has 2 aliphatic rings. The van der Waals surface area contributed by atoms with E-state index >= 15 is 0 Å². The second kappa shape index (κ2) is 10.6. The number of piperidine rings is 1. The highest BCUT2D eigenvalue weighted by molar-refractivity contribution is 7.89. The average molecular weight is 479 g/mol. The van der Waals surface area contributed by atoms with Crippen molar-refractivity contribution in [2.45, 2.75) is 83.6 Å². The van der Waals surface area contributed by atoms with Crippen molar-refractivity contribution in [1.29, 1.82) is 0 Å². The molecule has 3 rings (SSSR count). The minimum atomic E-state index is -3.65. The smallest absolute Gasteiger partial charge is 0.309 e. The van der Waals surface area contributed by atoms with Crippen LogP contribution >= 0.6 is 0 Å². The van der Waals surface area contributed by atoms with E-state index in [1.54, 1.807) is 11.9 Å². The molecule has 1 amide bonds. The molecule has 0 aromatic heterocycles. The van der Waals surface area contributed by atoms with Gasteiger partial charge in [0.2, 0.25) is 10.0 Å². The van der Waals surface area contributed by atoms with Crippen molar-refractivity contribution in [2.24, 2.45) is 5.92 Å². The number of nitrogens with zero attached hydrogens (tertiary/aromatic N) is 2. The number of aryl methyl sites for hydroxylation is 2. The van der Waals surface area contributed by atoms with E-state index in [0.29, 0.717) is 17.7 Å². The number of carbonyl (C=O) groups is 2. The second-order valence-electron chi connectivity index (χ2n) is 9.67. The summed E-state index contributed by atoms with van der Waals surface area (Å²) in [6, 6.07) is 2.24. The first-order chi connectivity index (χ1) is 15.5. The summed E-state index contributed by atoms with van der Waals surface area (Å²) in [7, 11) is -1.86. The third kappa shape index (κ3) is 5.60. The maximum absolute atomic E-state index is 13.4. The number of sulfonamides is 1. The Kier molecular flexibility index (Phi) is 8.22. The molecule has 0 unspecified atom stereocenters. The molecule has 1 aromatic carbocycles. The lowest BCUT2D eigenvalue weighted by Gasteiger charge is -2.32. The van der Waals surface area contributed by atoms with Gasteiger partial charge in [0.05, 0.1) is 10.8 Å². The molecule has 184 valence electrons. The van der Waals surface area contributed by atoms with Gasteiger partial charge >= 0.3 is 5.97 Å². The van der Waals surface area contributed by atoms with Gasteiger partial charge in [-0.25, -0.2) is 8.42 Å². The van der Waals surface area contributed by atoms with Crippen LogP contribution in [0.2, 0.25) is 0 Å². The lowest BCUT2D eigenvalue weighted by Crippen LogP contribution is -2.43. The van der Waals surface area contributed by atoms with E-state index < -0.39 is 16.0 Å². The number of amides is 1. The largest absolute Gasteiger partial charge is 0.455 e. The monoisotopic (exact) mass is 478 g/mol. The van der Waals surface area contributed by atoms with E-state index in [9.17, 15) is 18.0 Å². The molecule has 7 nitrogen and oxygen atoms in total. The van der Waals surface area contributed by atoms with Crippen molar-refractivity contribution in [1.82, 2.24) is 9.21 Å². The highest BCUT2D eigenvalue weighted by Crippen LogP contribution is 2.31. The second-order valence-corrected chi connectivity index (χ2v) is 11.5. The van der Waals surface area contributed by atoms with E-state index in [1.807, 2.05) is 33.8 Å². The minimum Gasteiger partial charge on any atom is -0.455 e. The van der Waals surface area contributed by atoms with Crippen molar-refractivity contribution < 1.29 is 22.7 Å². The molecule has 0 atom stereocenters. The summed E-state index contributed by atoms with van der Waals surface area (Å²) in [4.78, 5) is 27.1. The van der Waals surface area contributed by atoms with Gasteiger partial charge in [-0.2, -0.15) is 4.31 Å². The van der Waals surface area contributed by atoms with Crippen LogP contribution in [0.25, 0.3) is 0 Å². The van der Waals surface area contributed by atoms with Crippen LogP contribution in [0.5, 0.6) is 0 Å². The third-order valence-corrected chi connectivity index (χ3v) is 9.71. The molecule has 1 aliphatic heterocycles. The molecule has 33 heavy (non-hydrogen) atoms. The molecular weight excluding hydrogens is 440 g/mol. The fraction of sp³-hybridized carbons (Fsp3) is 0.680. The maximum atomic E-state index is 13.4. The van der Waals surface area contributed by atoms with E-state index in [0.717, 1.165) is 47.9 Å². The predicted molar refractivity (Wildman–Crippen MR) is 127 cm³/mol. The van der Waals surface area contributed by atoms with Crippen LogP contribution in [0.4, 0.5) is 0 Å². The molecule has 2 fully saturated rings. The summed E-state index contributed by atoms with van der Waals surface area (Å²) < 4.78 is 33.6. The Morgan fingerprint density at radius 1 is 0.970 bits per heavy atom. The summed E-state index contributed by atoms with van der Waals surface area (Å²) in [6.45, 7) is 7.84. The van der Waals surface area contributed by atoms with Crippen LogP contribution < -0.4 is 0 Å². The molecule has 1 saturated heterocycles. The number of hydrogen-bond acceptors (Lipinski definition) is 5. The van der Waals surface area contributed by atoms with Crippen LogP contribution in [-0.4, -0.2) is 62.3 Å². The van der Waals surface area contributed by atoms with Crippen molar-refractivity contribution in [3.05, 3.63) is 28.3 Å².